The molecule has 0 spiro atoms. The smallest absolute Gasteiger partial charge is 0.240 e. The molecule has 2 N–H and O–H groups in total. The number of likely N-dealkylation sites (tertiary alicyclic amines) is 1. The fourth-order valence-corrected chi connectivity index (χ4v) is 5.32. The molecular formula is C21H29N5O3S. The van der Waals surface area contributed by atoms with Crippen molar-refractivity contribution in [2.75, 3.05) is 25.0 Å². The molecule has 1 aliphatic carbocycles. The van der Waals surface area contributed by atoms with Gasteiger partial charge in [0.15, 0.2) is 0 Å². The molecule has 1 aromatic carbocycles. The molecule has 162 valence electrons. The summed E-state index contributed by atoms with van der Waals surface area (Å²) in [5.74, 6) is 1.33. The normalized spacial score (nSPS) is 19.5. The summed E-state index contributed by atoms with van der Waals surface area (Å²) in [6.07, 6.45) is 5.51. The van der Waals surface area contributed by atoms with Crippen LogP contribution in [0.5, 0.6) is 0 Å². The first-order chi connectivity index (χ1) is 14.4. The molecule has 8 nitrogen and oxygen atoms in total. The van der Waals surface area contributed by atoms with Crippen molar-refractivity contribution in [3.8, 4) is 0 Å². The Morgan fingerprint density at radius 3 is 2.50 bits per heavy atom. The molecule has 30 heavy (non-hydrogen) atoms. The Morgan fingerprint density at radius 2 is 1.83 bits per heavy atom. The summed E-state index contributed by atoms with van der Waals surface area (Å²) in [6.45, 7) is 3.78. The summed E-state index contributed by atoms with van der Waals surface area (Å²) in [6, 6.07) is 10.4. The summed E-state index contributed by atoms with van der Waals surface area (Å²) in [5.41, 5.74) is 0. The van der Waals surface area contributed by atoms with Crippen molar-refractivity contribution in [2.24, 2.45) is 5.92 Å². The minimum atomic E-state index is -3.51. The lowest BCUT2D eigenvalue weighted by Crippen LogP contribution is -2.46. The van der Waals surface area contributed by atoms with Gasteiger partial charge < -0.3 is 5.32 Å². The number of rotatable bonds is 8. The highest BCUT2D eigenvalue weighted by Gasteiger charge is 2.31. The molecule has 2 heterocycles. The van der Waals surface area contributed by atoms with E-state index in [1.54, 1.807) is 36.5 Å². The Morgan fingerprint density at radius 1 is 1.13 bits per heavy atom. The molecule has 2 fully saturated rings. The van der Waals surface area contributed by atoms with Gasteiger partial charge in [-0.05, 0) is 50.7 Å². The van der Waals surface area contributed by atoms with Crippen LogP contribution < -0.4 is 10.0 Å². The summed E-state index contributed by atoms with van der Waals surface area (Å²) >= 11 is 0. The van der Waals surface area contributed by atoms with Gasteiger partial charge in [-0.1, -0.05) is 18.2 Å². The van der Waals surface area contributed by atoms with Gasteiger partial charge in [0, 0.05) is 25.2 Å². The number of carbonyl (C=O) groups excluding carboxylic acids is 1. The Balaban J connectivity index is 1.25. The van der Waals surface area contributed by atoms with E-state index in [1.807, 2.05) is 10.7 Å². The van der Waals surface area contributed by atoms with Crippen LogP contribution in [-0.4, -0.2) is 54.7 Å². The maximum Gasteiger partial charge on any atom is 0.240 e. The minimum absolute atomic E-state index is 0.0666. The maximum atomic E-state index is 12.5. The number of piperidine rings is 1. The number of hydrogen-bond donors (Lipinski definition) is 2. The first-order valence-electron chi connectivity index (χ1n) is 10.6. The van der Waals surface area contributed by atoms with Crippen molar-refractivity contribution in [3.63, 3.8) is 0 Å². The van der Waals surface area contributed by atoms with Crippen molar-refractivity contribution in [2.45, 2.75) is 49.6 Å². The van der Waals surface area contributed by atoms with Gasteiger partial charge in [0.05, 0.1) is 23.7 Å². The summed E-state index contributed by atoms with van der Waals surface area (Å²) in [4.78, 5) is 14.9. The quantitative estimate of drug-likeness (QED) is 0.668. The van der Waals surface area contributed by atoms with Gasteiger partial charge >= 0.3 is 0 Å². The fraction of sp³-hybridized carbons (Fsp3) is 0.524. The highest BCUT2D eigenvalue weighted by atomic mass is 32.2. The van der Waals surface area contributed by atoms with Gasteiger partial charge in [0.1, 0.15) is 5.82 Å². The number of amides is 1. The van der Waals surface area contributed by atoms with E-state index in [0.717, 1.165) is 5.82 Å². The summed E-state index contributed by atoms with van der Waals surface area (Å²) < 4.78 is 29.7. The van der Waals surface area contributed by atoms with Crippen LogP contribution in [0, 0.1) is 5.92 Å². The van der Waals surface area contributed by atoms with Gasteiger partial charge in [0.25, 0.3) is 0 Å². The molecule has 2 aromatic rings. The predicted molar refractivity (Wildman–Crippen MR) is 115 cm³/mol. The lowest BCUT2D eigenvalue weighted by molar-refractivity contribution is -0.117. The average molecular weight is 432 g/mol. The van der Waals surface area contributed by atoms with E-state index < -0.39 is 10.0 Å². The monoisotopic (exact) mass is 431 g/mol. The molecule has 1 amide bonds. The van der Waals surface area contributed by atoms with Gasteiger partial charge in [-0.3, -0.25) is 9.69 Å². The molecule has 2 aliphatic rings. The zero-order chi connectivity index (χ0) is 21.1. The topological polar surface area (TPSA) is 96.3 Å². The first-order valence-corrected chi connectivity index (χ1v) is 12.0. The van der Waals surface area contributed by atoms with E-state index in [4.69, 9.17) is 0 Å². The van der Waals surface area contributed by atoms with Crippen molar-refractivity contribution in [1.82, 2.24) is 19.4 Å². The van der Waals surface area contributed by atoms with E-state index in [0.29, 0.717) is 44.4 Å². The average Bonchev–Trinajstić information content (AvgIpc) is 3.49. The van der Waals surface area contributed by atoms with Crippen LogP contribution in [-0.2, 0) is 14.8 Å². The molecule has 1 unspecified atom stereocenters. The highest BCUT2D eigenvalue weighted by molar-refractivity contribution is 7.89. The lowest BCUT2D eigenvalue weighted by Gasteiger charge is -2.31. The second-order valence-corrected chi connectivity index (χ2v) is 9.99. The Labute approximate surface area is 177 Å². The highest BCUT2D eigenvalue weighted by Crippen LogP contribution is 2.40. The van der Waals surface area contributed by atoms with Crippen LogP contribution >= 0.6 is 0 Å². The Bertz CT molecular complexity index is 964. The number of sulfonamides is 1. The van der Waals surface area contributed by atoms with Crippen LogP contribution in [0.25, 0.3) is 0 Å². The SMILES string of the molecule is CC(C1CC1)n1nccc1NC(=O)CN1CCC(NS(=O)(=O)c2ccccc2)CC1. The molecule has 0 radical (unpaired) electrons. The zero-order valence-electron chi connectivity index (χ0n) is 17.2. The number of nitrogens with zero attached hydrogens (tertiary/aromatic N) is 3. The lowest BCUT2D eigenvalue weighted by atomic mass is 10.1. The molecule has 1 aromatic heterocycles. The Hall–Kier alpha value is -2.23. The maximum absolute atomic E-state index is 12.5. The van der Waals surface area contributed by atoms with Crippen LogP contribution in [0.15, 0.2) is 47.5 Å². The van der Waals surface area contributed by atoms with Gasteiger partial charge in [-0.15, -0.1) is 0 Å². The summed E-state index contributed by atoms with van der Waals surface area (Å²) in [7, 11) is -3.51. The van der Waals surface area contributed by atoms with Crippen molar-refractivity contribution in [3.05, 3.63) is 42.6 Å². The van der Waals surface area contributed by atoms with Gasteiger partial charge in [0.2, 0.25) is 15.9 Å². The third-order valence-corrected chi connectivity index (χ3v) is 7.49. The van der Waals surface area contributed by atoms with Crippen LogP contribution in [0.4, 0.5) is 5.82 Å². The standard InChI is InChI=1S/C21H29N5O3S/c1-16(17-7-8-17)26-20(9-12-22-26)23-21(27)15-25-13-10-18(11-14-25)24-30(28,29)19-5-3-2-4-6-19/h2-6,9,12,16-18,24H,7-8,10-11,13-15H2,1H3,(H,23,27). The molecular weight excluding hydrogens is 402 g/mol. The molecule has 9 heteroatoms. The van der Waals surface area contributed by atoms with E-state index >= 15 is 0 Å². The van der Waals surface area contributed by atoms with Gasteiger partial charge in [-0.2, -0.15) is 5.10 Å². The number of hydrogen-bond acceptors (Lipinski definition) is 5. The third-order valence-electron chi connectivity index (χ3n) is 5.96. The van der Waals surface area contributed by atoms with Crippen molar-refractivity contribution in [1.29, 1.82) is 0 Å². The second kappa shape index (κ2) is 8.87. The number of anilines is 1. The van der Waals surface area contributed by atoms with E-state index in [2.05, 4.69) is 27.0 Å². The number of carbonyl (C=O) groups is 1. The Kier molecular flexibility index (Phi) is 6.21. The molecule has 1 aliphatic heterocycles. The first kappa shape index (κ1) is 21.0. The minimum Gasteiger partial charge on any atom is -0.310 e. The largest absolute Gasteiger partial charge is 0.310 e. The number of benzene rings is 1. The van der Waals surface area contributed by atoms with Gasteiger partial charge in [-0.25, -0.2) is 17.8 Å². The molecule has 0 bridgehead atoms. The molecule has 1 saturated heterocycles. The molecule has 1 saturated carbocycles. The van der Waals surface area contributed by atoms with E-state index in [-0.39, 0.29) is 16.8 Å². The zero-order valence-corrected chi connectivity index (χ0v) is 18.0. The van der Waals surface area contributed by atoms with Crippen LogP contribution in [0.2, 0.25) is 0 Å². The third kappa shape index (κ3) is 5.08. The van der Waals surface area contributed by atoms with Crippen molar-refractivity contribution < 1.29 is 13.2 Å². The second-order valence-electron chi connectivity index (χ2n) is 8.27. The molecule has 1 atom stereocenters. The summed E-state index contributed by atoms with van der Waals surface area (Å²) in [5, 5.41) is 7.35. The van der Waals surface area contributed by atoms with Crippen LogP contribution in [0.3, 0.4) is 0 Å². The van der Waals surface area contributed by atoms with E-state index in [1.165, 1.54) is 12.8 Å². The van der Waals surface area contributed by atoms with E-state index in [9.17, 15) is 13.2 Å². The molecule has 4 rings (SSSR count). The van der Waals surface area contributed by atoms with Crippen LogP contribution in [0.1, 0.15) is 38.6 Å². The predicted octanol–water partition coefficient (Wildman–Crippen LogP) is 2.24. The number of nitrogens with one attached hydrogen (secondary N) is 2. The van der Waals surface area contributed by atoms with Crippen molar-refractivity contribution >= 4 is 21.7 Å². The fourth-order valence-electron chi connectivity index (χ4n) is 4.00. The number of aromatic nitrogens is 2.